The maximum Gasteiger partial charge on any atom is 0.156 e. The van der Waals surface area contributed by atoms with Crippen LogP contribution in [-0.2, 0) is 4.74 Å². The van der Waals surface area contributed by atoms with Crippen LogP contribution in [0.5, 0.6) is 0 Å². The maximum atomic E-state index is 8.94. The number of aliphatic hydroxyl groups excluding tert-OH is 1. The number of methoxy groups -OCH3 is 1. The first-order valence-electron chi connectivity index (χ1n) is 4.41. The molecule has 72 valence electrons. The summed E-state index contributed by atoms with van der Waals surface area (Å²) in [6.45, 7) is 2.90. The Labute approximate surface area is 79.9 Å². The molecule has 1 N–H and O–H groups in total. The molecule has 3 heteroatoms. The van der Waals surface area contributed by atoms with Crippen LogP contribution in [0.1, 0.15) is 32.6 Å². The van der Waals surface area contributed by atoms with E-state index in [1.165, 1.54) is 0 Å². The summed E-state index contributed by atoms with van der Waals surface area (Å²) in [4.78, 5) is 0. The van der Waals surface area contributed by atoms with Crippen molar-refractivity contribution in [1.29, 1.82) is 0 Å². The van der Waals surface area contributed by atoms with Crippen molar-refractivity contribution < 1.29 is 9.84 Å². The molecule has 0 aromatic heterocycles. The number of rotatable bonds is 7. The third-order valence-corrected chi connectivity index (χ3v) is 2.06. The summed E-state index contributed by atoms with van der Waals surface area (Å²) >= 11 is 4.65. The van der Waals surface area contributed by atoms with Crippen LogP contribution in [0.15, 0.2) is 0 Å². The predicted octanol–water partition coefficient (Wildman–Crippen LogP) is 2.71. The van der Waals surface area contributed by atoms with E-state index in [0.717, 1.165) is 25.9 Å². The highest BCUT2D eigenvalue weighted by atomic mass is 32.1. The third kappa shape index (κ3) is 6.55. The van der Waals surface area contributed by atoms with Gasteiger partial charge in [0.05, 0.1) is 0 Å². The monoisotopic (exact) mass is 190 g/mol. The normalized spacial score (nSPS) is 12.8. The average Bonchev–Trinajstić information content (AvgIpc) is 2.00. The lowest BCUT2D eigenvalue weighted by Crippen LogP contribution is -2.08. The fraction of sp³-hybridized carbons (Fsp3) is 0.889. The highest BCUT2D eigenvalue weighted by Gasteiger charge is 2.09. The minimum atomic E-state index is 0.129. The van der Waals surface area contributed by atoms with Crippen molar-refractivity contribution in [2.45, 2.75) is 32.6 Å². The lowest BCUT2D eigenvalue weighted by molar-refractivity contribution is 0.175. The van der Waals surface area contributed by atoms with Crippen LogP contribution < -0.4 is 0 Å². The molecule has 2 nitrogen and oxygen atoms in total. The third-order valence-electron chi connectivity index (χ3n) is 1.89. The van der Waals surface area contributed by atoms with Gasteiger partial charge in [0.25, 0.3) is 0 Å². The van der Waals surface area contributed by atoms with Gasteiger partial charge in [-0.1, -0.05) is 19.8 Å². The summed E-state index contributed by atoms with van der Waals surface area (Å²) in [5.41, 5.74) is 0. The number of aliphatic hydroxyl groups is 1. The predicted molar refractivity (Wildman–Crippen MR) is 54.7 cm³/mol. The largest absolute Gasteiger partial charge is 0.502 e. The first kappa shape index (κ1) is 11.8. The van der Waals surface area contributed by atoms with E-state index in [4.69, 9.17) is 9.84 Å². The summed E-state index contributed by atoms with van der Waals surface area (Å²) in [6, 6.07) is 0. The Morgan fingerprint density at radius 3 is 2.58 bits per heavy atom. The standard InChI is InChI=1S/C9H18O2S/c1-3-4-8(5-6-11-2)7-9(10)12/h8H,3-7H2,1-2H3,(H,10,12). The highest BCUT2D eigenvalue weighted by molar-refractivity contribution is 7.80. The fourth-order valence-electron chi connectivity index (χ4n) is 1.29. The zero-order valence-corrected chi connectivity index (χ0v) is 8.69. The Hall–Kier alpha value is -0.150. The van der Waals surface area contributed by atoms with Crippen molar-refractivity contribution in [3.05, 3.63) is 0 Å². The van der Waals surface area contributed by atoms with Gasteiger partial charge in [-0.05, 0) is 24.6 Å². The number of hydrogen-bond donors (Lipinski definition) is 1. The van der Waals surface area contributed by atoms with Crippen LogP contribution in [-0.4, -0.2) is 23.9 Å². The minimum absolute atomic E-state index is 0.129. The smallest absolute Gasteiger partial charge is 0.156 e. The van der Waals surface area contributed by atoms with Crippen molar-refractivity contribution in [2.24, 2.45) is 5.92 Å². The Balaban J connectivity index is 3.61. The van der Waals surface area contributed by atoms with Crippen molar-refractivity contribution in [3.63, 3.8) is 0 Å². The molecule has 0 saturated carbocycles. The van der Waals surface area contributed by atoms with Crippen LogP contribution in [0.25, 0.3) is 0 Å². The van der Waals surface area contributed by atoms with Crippen molar-refractivity contribution in [2.75, 3.05) is 13.7 Å². The second-order valence-electron chi connectivity index (χ2n) is 3.03. The summed E-state index contributed by atoms with van der Waals surface area (Å²) in [5.74, 6) is 0.493. The van der Waals surface area contributed by atoms with Gasteiger partial charge in [0, 0.05) is 20.1 Å². The van der Waals surface area contributed by atoms with Gasteiger partial charge in [-0.3, -0.25) is 0 Å². The van der Waals surface area contributed by atoms with Gasteiger partial charge < -0.3 is 9.84 Å². The fourth-order valence-corrected chi connectivity index (χ4v) is 1.52. The van der Waals surface area contributed by atoms with E-state index in [9.17, 15) is 0 Å². The highest BCUT2D eigenvalue weighted by Crippen LogP contribution is 2.15. The lowest BCUT2D eigenvalue weighted by Gasteiger charge is -2.13. The molecule has 0 rings (SSSR count). The minimum Gasteiger partial charge on any atom is -0.502 e. The Kier molecular flexibility index (Phi) is 7.40. The molecule has 0 aromatic carbocycles. The molecular formula is C9H18O2S. The molecule has 0 aliphatic carbocycles. The Morgan fingerprint density at radius 1 is 1.50 bits per heavy atom. The van der Waals surface area contributed by atoms with E-state index in [2.05, 4.69) is 19.1 Å². The summed E-state index contributed by atoms with van der Waals surface area (Å²) in [7, 11) is 1.69. The van der Waals surface area contributed by atoms with Crippen LogP contribution in [0.3, 0.4) is 0 Å². The molecule has 1 unspecified atom stereocenters. The molecule has 12 heavy (non-hydrogen) atoms. The van der Waals surface area contributed by atoms with E-state index < -0.39 is 0 Å². The Bertz CT molecular complexity index is 126. The number of ether oxygens (including phenoxy) is 1. The zero-order chi connectivity index (χ0) is 9.40. The van der Waals surface area contributed by atoms with Crippen LogP contribution >= 0.6 is 12.2 Å². The molecule has 0 bridgehead atoms. The van der Waals surface area contributed by atoms with Crippen molar-refractivity contribution in [1.82, 2.24) is 0 Å². The Morgan fingerprint density at radius 2 is 2.17 bits per heavy atom. The molecule has 0 aromatic rings. The molecule has 0 spiro atoms. The molecule has 0 aliphatic rings. The summed E-state index contributed by atoms with van der Waals surface area (Å²) < 4.78 is 4.98. The van der Waals surface area contributed by atoms with Gasteiger partial charge in [0.2, 0.25) is 0 Å². The van der Waals surface area contributed by atoms with Crippen molar-refractivity contribution >= 4 is 17.3 Å². The molecule has 0 saturated heterocycles. The van der Waals surface area contributed by atoms with Crippen molar-refractivity contribution in [3.8, 4) is 0 Å². The van der Waals surface area contributed by atoms with Gasteiger partial charge in [-0.15, -0.1) is 0 Å². The quantitative estimate of drug-likeness (QED) is 0.626. The molecule has 0 fully saturated rings. The summed E-state index contributed by atoms with van der Waals surface area (Å²) in [5, 5.41) is 9.07. The topological polar surface area (TPSA) is 29.5 Å². The van der Waals surface area contributed by atoms with E-state index in [1.54, 1.807) is 7.11 Å². The lowest BCUT2D eigenvalue weighted by atomic mass is 9.97. The molecule has 0 heterocycles. The first-order chi connectivity index (χ1) is 5.70. The van der Waals surface area contributed by atoms with Gasteiger partial charge in [-0.25, -0.2) is 0 Å². The van der Waals surface area contributed by atoms with Crippen LogP contribution in [0.2, 0.25) is 0 Å². The number of thiocarbonyl (C=S) groups is 1. The van der Waals surface area contributed by atoms with Gasteiger partial charge >= 0.3 is 0 Å². The molecule has 0 amide bonds. The maximum absolute atomic E-state index is 8.94. The second kappa shape index (κ2) is 7.50. The second-order valence-corrected chi connectivity index (χ2v) is 3.51. The van der Waals surface area contributed by atoms with Gasteiger partial charge in [0.1, 0.15) is 0 Å². The SMILES string of the molecule is CCCC(CCOC)CC(O)=S. The van der Waals surface area contributed by atoms with Gasteiger partial charge in [-0.2, -0.15) is 0 Å². The molecule has 0 aliphatic heterocycles. The van der Waals surface area contributed by atoms with Gasteiger partial charge in [0.15, 0.2) is 5.05 Å². The summed E-state index contributed by atoms with van der Waals surface area (Å²) in [6.07, 6.45) is 3.89. The zero-order valence-electron chi connectivity index (χ0n) is 7.88. The van der Waals surface area contributed by atoms with E-state index >= 15 is 0 Å². The average molecular weight is 190 g/mol. The van der Waals surface area contributed by atoms with E-state index in [-0.39, 0.29) is 5.05 Å². The molecular weight excluding hydrogens is 172 g/mol. The first-order valence-corrected chi connectivity index (χ1v) is 4.82. The number of hydrogen-bond acceptors (Lipinski definition) is 2. The van der Waals surface area contributed by atoms with Crippen LogP contribution in [0, 0.1) is 5.92 Å². The van der Waals surface area contributed by atoms with E-state index in [0.29, 0.717) is 12.3 Å². The van der Waals surface area contributed by atoms with E-state index in [1.807, 2.05) is 0 Å². The molecule has 1 atom stereocenters. The van der Waals surface area contributed by atoms with Crippen LogP contribution in [0.4, 0.5) is 0 Å². The molecule has 0 radical (unpaired) electrons.